The van der Waals surface area contributed by atoms with Gasteiger partial charge in [0.05, 0.1) is 0 Å². The van der Waals surface area contributed by atoms with Crippen molar-refractivity contribution in [1.29, 1.82) is 0 Å². The molecule has 24 heavy (non-hydrogen) atoms. The molecule has 2 aromatic carbocycles. The molecule has 0 radical (unpaired) electrons. The smallest absolute Gasteiger partial charge is 0.220 e. The van der Waals surface area contributed by atoms with E-state index in [-0.39, 0.29) is 24.5 Å². The highest BCUT2D eigenvalue weighted by atomic mass is 35.5. The Morgan fingerprint density at radius 2 is 1.67 bits per heavy atom. The zero-order valence-electron chi connectivity index (χ0n) is 13.3. The molecule has 6 heteroatoms. The lowest BCUT2D eigenvalue weighted by molar-refractivity contribution is -0.00000503. The topological polar surface area (TPSA) is 80.0 Å². The average Bonchev–Trinajstić information content (AvgIpc) is 2.55. The molecule has 0 aliphatic carbocycles. The van der Waals surface area contributed by atoms with E-state index in [9.17, 15) is 0 Å². The van der Waals surface area contributed by atoms with Gasteiger partial charge in [-0.2, -0.15) is 4.99 Å². The van der Waals surface area contributed by atoms with Gasteiger partial charge in [0.1, 0.15) is 0 Å². The molecule has 0 spiro atoms. The van der Waals surface area contributed by atoms with Gasteiger partial charge in [-0.25, -0.2) is 4.99 Å². The van der Waals surface area contributed by atoms with E-state index in [0.29, 0.717) is 5.96 Å². The summed E-state index contributed by atoms with van der Waals surface area (Å²) in [5.74, 6) is 0.526. The number of aryl methyl sites for hydroxylation is 1. The van der Waals surface area contributed by atoms with Crippen molar-refractivity contribution in [2.75, 3.05) is 4.90 Å². The predicted molar refractivity (Wildman–Crippen MR) is 96.2 cm³/mol. The largest absolute Gasteiger partial charge is 1.00 e. The van der Waals surface area contributed by atoms with E-state index >= 15 is 0 Å². The van der Waals surface area contributed by atoms with Gasteiger partial charge >= 0.3 is 0 Å². The fraction of sp³-hybridized carbons (Fsp3) is 0.111. The summed E-state index contributed by atoms with van der Waals surface area (Å²) in [5.41, 5.74) is 15.0. The van der Waals surface area contributed by atoms with E-state index in [1.807, 2.05) is 78.6 Å². The summed E-state index contributed by atoms with van der Waals surface area (Å²) in [5, 5.41) is 0. The summed E-state index contributed by atoms with van der Waals surface area (Å²) in [6, 6.07) is 18.1. The number of rotatable bonds is 3. The van der Waals surface area contributed by atoms with Crippen molar-refractivity contribution in [3.63, 3.8) is 0 Å². The number of guanidine groups is 2. The second-order valence-electron chi connectivity index (χ2n) is 5.35. The van der Waals surface area contributed by atoms with Crippen LogP contribution in [-0.4, -0.2) is 18.1 Å². The van der Waals surface area contributed by atoms with E-state index in [4.69, 9.17) is 11.5 Å². The normalized spacial score (nSPS) is 17.2. The molecule has 0 saturated heterocycles. The van der Waals surface area contributed by atoms with Crippen LogP contribution in [0.2, 0.25) is 0 Å². The third-order valence-electron chi connectivity index (χ3n) is 3.58. The lowest BCUT2D eigenvalue weighted by Gasteiger charge is -2.30. The lowest BCUT2D eigenvalue weighted by atomic mass is 10.1. The van der Waals surface area contributed by atoms with Gasteiger partial charge in [0.15, 0.2) is 6.17 Å². The number of hydrogen-bond acceptors (Lipinski definition) is 5. The molecule has 0 amide bonds. The van der Waals surface area contributed by atoms with Crippen LogP contribution in [0.3, 0.4) is 0 Å². The van der Waals surface area contributed by atoms with Crippen LogP contribution < -0.4 is 28.8 Å². The summed E-state index contributed by atoms with van der Waals surface area (Å²) in [6.45, 7) is 2.04. The van der Waals surface area contributed by atoms with Crippen molar-refractivity contribution in [2.45, 2.75) is 13.1 Å². The molecule has 0 bridgehead atoms. The van der Waals surface area contributed by atoms with Crippen molar-refractivity contribution in [3.8, 4) is 0 Å². The average molecular weight is 341 g/mol. The van der Waals surface area contributed by atoms with Crippen molar-refractivity contribution in [1.82, 2.24) is 0 Å². The van der Waals surface area contributed by atoms with Crippen LogP contribution in [0.5, 0.6) is 0 Å². The monoisotopic (exact) mass is 340 g/mol. The maximum atomic E-state index is 6.08. The van der Waals surface area contributed by atoms with Crippen molar-refractivity contribution < 1.29 is 12.4 Å². The minimum Gasteiger partial charge on any atom is -1.00 e. The van der Waals surface area contributed by atoms with E-state index in [2.05, 4.69) is 9.98 Å². The van der Waals surface area contributed by atoms with Gasteiger partial charge < -0.3 is 23.9 Å². The molecule has 1 aliphatic heterocycles. The van der Waals surface area contributed by atoms with Gasteiger partial charge in [-0.15, -0.1) is 0 Å². The molecule has 0 aromatic heterocycles. The third-order valence-corrected chi connectivity index (χ3v) is 3.58. The molecule has 0 saturated carbocycles. The molecule has 1 aliphatic rings. The lowest BCUT2D eigenvalue weighted by Crippen LogP contribution is -3.00. The minimum atomic E-state index is -0.324. The number of benzene rings is 2. The molecule has 124 valence electrons. The maximum Gasteiger partial charge on any atom is 0.220 e. The Labute approximate surface area is 147 Å². The molecule has 2 aromatic rings. The van der Waals surface area contributed by atoms with E-state index < -0.39 is 0 Å². The highest BCUT2D eigenvalue weighted by Gasteiger charge is 2.23. The Morgan fingerprint density at radius 1 is 1.00 bits per heavy atom. The molecule has 4 N–H and O–H groups in total. The Balaban J connectivity index is 0.00000208. The zero-order chi connectivity index (χ0) is 16.2. The van der Waals surface area contributed by atoms with Gasteiger partial charge in [-0.05, 0) is 30.7 Å². The van der Waals surface area contributed by atoms with Crippen LogP contribution in [-0.2, 0) is 0 Å². The number of anilines is 1. The molecule has 1 atom stereocenters. The van der Waals surface area contributed by atoms with Gasteiger partial charge in [0, 0.05) is 5.69 Å². The van der Waals surface area contributed by atoms with Crippen LogP contribution in [0.15, 0.2) is 70.7 Å². The quantitative estimate of drug-likeness (QED) is 0.789. The summed E-state index contributed by atoms with van der Waals surface area (Å²) in [4.78, 5) is 10.3. The second-order valence-corrected chi connectivity index (χ2v) is 5.35. The van der Waals surface area contributed by atoms with Crippen molar-refractivity contribution in [3.05, 3.63) is 71.8 Å². The standard InChI is InChI=1S/C18H19N5.ClH/c1-13-7-10-15(11-8-13)23-16(21-17(19)22-18(23)20)12-9-14-5-3-2-4-6-14;/h2-12,16H,1H3,(H4,19,20,21,22);1H/p-1/b12-9+;. The molecule has 5 nitrogen and oxygen atoms in total. The predicted octanol–water partition coefficient (Wildman–Crippen LogP) is -0.512. The molecular formula is C18H19ClN5-. The van der Waals surface area contributed by atoms with Crippen LogP contribution in [0.4, 0.5) is 5.69 Å². The number of nitrogens with two attached hydrogens (primary N) is 2. The van der Waals surface area contributed by atoms with Crippen LogP contribution >= 0.6 is 0 Å². The van der Waals surface area contributed by atoms with Gasteiger partial charge in [0.2, 0.25) is 11.9 Å². The molecule has 1 unspecified atom stereocenters. The third kappa shape index (κ3) is 3.94. The maximum absolute atomic E-state index is 6.08. The van der Waals surface area contributed by atoms with Crippen LogP contribution in [0, 0.1) is 6.92 Å². The molecular weight excluding hydrogens is 322 g/mol. The summed E-state index contributed by atoms with van der Waals surface area (Å²) in [7, 11) is 0. The Bertz CT molecular complexity index is 766. The Kier molecular flexibility index (Phi) is 5.60. The van der Waals surface area contributed by atoms with Crippen molar-refractivity contribution in [2.24, 2.45) is 21.5 Å². The van der Waals surface area contributed by atoms with Crippen molar-refractivity contribution >= 4 is 23.7 Å². The first-order chi connectivity index (χ1) is 11.1. The second kappa shape index (κ2) is 7.66. The minimum absolute atomic E-state index is 0. The summed E-state index contributed by atoms with van der Waals surface area (Å²) < 4.78 is 0. The first-order valence-electron chi connectivity index (χ1n) is 7.40. The van der Waals surface area contributed by atoms with E-state index in [1.54, 1.807) is 0 Å². The summed E-state index contributed by atoms with van der Waals surface area (Å²) >= 11 is 0. The van der Waals surface area contributed by atoms with Gasteiger partial charge in [-0.1, -0.05) is 54.1 Å². The number of halogens is 1. The molecule has 3 rings (SSSR count). The van der Waals surface area contributed by atoms with E-state index in [1.165, 1.54) is 5.56 Å². The fourth-order valence-corrected chi connectivity index (χ4v) is 2.41. The fourth-order valence-electron chi connectivity index (χ4n) is 2.41. The number of nitrogens with zero attached hydrogens (tertiary/aromatic N) is 3. The summed E-state index contributed by atoms with van der Waals surface area (Å²) in [6.07, 6.45) is 3.64. The van der Waals surface area contributed by atoms with E-state index in [0.717, 1.165) is 11.3 Å². The molecule has 0 fully saturated rings. The number of aliphatic imine (C=N–C) groups is 2. The van der Waals surface area contributed by atoms with Gasteiger partial charge in [-0.3, -0.25) is 4.90 Å². The highest BCUT2D eigenvalue weighted by molar-refractivity contribution is 6.05. The molecule has 1 heterocycles. The first-order valence-corrected chi connectivity index (χ1v) is 7.40. The Hall–Kier alpha value is -2.79. The highest BCUT2D eigenvalue weighted by Crippen LogP contribution is 2.21. The first kappa shape index (κ1) is 17.6. The SMILES string of the molecule is Cc1ccc(N2C(N)=NC(N)=NC2/C=C/c2ccccc2)cc1.[Cl-]. The van der Waals surface area contributed by atoms with Crippen LogP contribution in [0.25, 0.3) is 6.08 Å². The Morgan fingerprint density at radius 3 is 2.33 bits per heavy atom. The zero-order valence-corrected chi connectivity index (χ0v) is 14.1. The van der Waals surface area contributed by atoms with Gasteiger partial charge in [0.25, 0.3) is 0 Å². The van der Waals surface area contributed by atoms with Crippen LogP contribution in [0.1, 0.15) is 11.1 Å². The number of hydrogen-bond donors (Lipinski definition) is 2.